The zero-order chi connectivity index (χ0) is 12.3. The Bertz CT molecular complexity index is 237. The van der Waals surface area contributed by atoms with Gasteiger partial charge in [0, 0.05) is 5.92 Å². The third-order valence-corrected chi connectivity index (χ3v) is 3.88. The highest BCUT2D eigenvalue weighted by atomic mass is 16.1. The molecule has 1 rings (SSSR count). The summed E-state index contributed by atoms with van der Waals surface area (Å²) in [6.07, 6.45) is 5.14. The van der Waals surface area contributed by atoms with Crippen molar-refractivity contribution in [3.8, 4) is 0 Å². The minimum absolute atomic E-state index is 0.209. The first-order valence-electron chi connectivity index (χ1n) is 6.70. The van der Waals surface area contributed by atoms with Crippen molar-refractivity contribution in [3.05, 3.63) is 0 Å². The van der Waals surface area contributed by atoms with Crippen LogP contribution in [0, 0.1) is 17.8 Å². The van der Waals surface area contributed by atoms with Crippen LogP contribution in [0.2, 0.25) is 0 Å². The van der Waals surface area contributed by atoms with Gasteiger partial charge in [-0.1, -0.05) is 27.2 Å². The van der Waals surface area contributed by atoms with Gasteiger partial charge in [-0.15, -0.1) is 0 Å². The molecule has 3 atom stereocenters. The standard InChI is InChI=1S/C14H27NO/c1-5-6-14(4,15)13(16)12-8-10(2)7-11(3)9-12/h10-12H,5-9,15H2,1-4H3. The summed E-state index contributed by atoms with van der Waals surface area (Å²) >= 11 is 0. The second-order valence-corrected chi connectivity index (χ2v) is 6.15. The predicted molar refractivity (Wildman–Crippen MR) is 68.2 cm³/mol. The number of ketones is 1. The average Bonchev–Trinajstić information content (AvgIpc) is 2.14. The first-order valence-corrected chi connectivity index (χ1v) is 6.70. The maximum Gasteiger partial charge on any atom is 0.155 e. The lowest BCUT2D eigenvalue weighted by atomic mass is 9.71. The van der Waals surface area contributed by atoms with E-state index in [1.165, 1.54) is 6.42 Å². The number of carbonyl (C=O) groups excluding carboxylic acids is 1. The Morgan fingerprint density at radius 3 is 2.19 bits per heavy atom. The van der Waals surface area contributed by atoms with Crippen LogP contribution in [0.3, 0.4) is 0 Å². The highest BCUT2D eigenvalue weighted by Gasteiger charge is 2.36. The first-order chi connectivity index (χ1) is 7.36. The van der Waals surface area contributed by atoms with Gasteiger partial charge in [0.15, 0.2) is 5.78 Å². The average molecular weight is 225 g/mol. The van der Waals surface area contributed by atoms with Gasteiger partial charge >= 0.3 is 0 Å². The summed E-state index contributed by atoms with van der Waals surface area (Å²) in [6, 6.07) is 0. The maximum atomic E-state index is 12.4. The van der Waals surface area contributed by atoms with Crippen molar-refractivity contribution in [2.75, 3.05) is 0 Å². The van der Waals surface area contributed by atoms with E-state index in [9.17, 15) is 4.79 Å². The molecule has 0 heterocycles. The molecule has 3 unspecified atom stereocenters. The maximum absolute atomic E-state index is 12.4. The highest BCUT2D eigenvalue weighted by molar-refractivity contribution is 5.89. The highest BCUT2D eigenvalue weighted by Crippen LogP contribution is 2.35. The van der Waals surface area contributed by atoms with Crippen LogP contribution in [-0.2, 0) is 4.79 Å². The van der Waals surface area contributed by atoms with Crippen molar-refractivity contribution < 1.29 is 4.79 Å². The molecule has 0 aliphatic heterocycles. The molecule has 1 aliphatic carbocycles. The molecule has 0 radical (unpaired) electrons. The molecule has 0 spiro atoms. The van der Waals surface area contributed by atoms with Crippen LogP contribution < -0.4 is 5.73 Å². The van der Waals surface area contributed by atoms with Crippen LogP contribution >= 0.6 is 0 Å². The van der Waals surface area contributed by atoms with Gasteiger partial charge in [-0.25, -0.2) is 0 Å². The van der Waals surface area contributed by atoms with Crippen LogP contribution in [0.1, 0.15) is 59.8 Å². The van der Waals surface area contributed by atoms with Gasteiger partial charge in [0.25, 0.3) is 0 Å². The Morgan fingerprint density at radius 2 is 1.75 bits per heavy atom. The third-order valence-electron chi connectivity index (χ3n) is 3.88. The van der Waals surface area contributed by atoms with E-state index >= 15 is 0 Å². The van der Waals surface area contributed by atoms with Crippen molar-refractivity contribution in [2.24, 2.45) is 23.5 Å². The Kier molecular flexibility index (Phi) is 4.54. The van der Waals surface area contributed by atoms with Gasteiger partial charge in [0.05, 0.1) is 5.54 Å². The minimum Gasteiger partial charge on any atom is -0.319 e. The van der Waals surface area contributed by atoms with Gasteiger partial charge in [-0.3, -0.25) is 4.79 Å². The summed E-state index contributed by atoms with van der Waals surface area (Å²) in [5.41, 5.74) is 5.54. The number of Topliss-reactive ketones (excluding diaryl/α,β-unsaturated/α-hetero) is 1. The summed E-state index contributed by atoms with van der Waals surface area (Å²) in [7, 11) is 0. The SMILES string of the molecule is CCCC(C)(N)C(=O)C1CC(C)CC(C)C1. The number of hydrogen-bond acceptors (Lipinski definition) is 2. The van der Waals surface area contributed by atoms with E-state index in [2.05, 4.69) is 20.8 Å². The van der Waals surface area contributed by atoms with Gasteiger partial charge in [0.1, 0.15) is 0 Å². The lowest BCUT2D eigenvalue weighted by Gasteiger charge is -2.35. The number of rotatable bonds is 4. The fourth-order valence-corrected chi connectivity index (χ4v) is 3.27. The monoisotopic (exact) mass is 225 g/mol. The van der Waals surface area contributed by atoms with Crippen LogP contribution in [0.5, 0.6) is 0 Å². The van der Waals surface area contributed by atoms with Gasteiger partial charge in [-0.2, -0.15) is 0 Å². The zero-order valence-electron chi connectivity index (χ0n) is 11.3. The molecule has 1 fully saturated rings. The summed E-state index contributed by atoms with van der Waals surface area (Å²) in [5, 5.41) is 0. The first kappa shape index (κ1) is 13.7. The quantitative estimate of drug-likeness (QED) is 0.798. The van der Waals surface area contributed by atoms with Crippen LogP contribution in [0.25, 0.3) is 0 Å². The van der Waals surface area contributed by atoms with Crippen molar-refractivity contribution >= 4 is 5.78 Å². The Morgan fingerprint density at radius 1 is 1.25 bits per heavy atom. The molecule has 0 aromatic heterocycles. The molecule has 0 bridgehead atoms. The van der Waals surface area contributed by atoms with Crippen molar-refractivity contribution in [1.29, 1.82) is 0 Å². The number of hydrogen-bond donors (Lipinski definition) is 1. The third kappa shape index (κ3) is 3.31. The van der Waals surface area contributed by atoms with Gasteiger partial charge in [0.2, 0.25) is 0 Å². The fraction of sp³-hybridized carbons (Fsp3) is 0.929. The molecule has 1 aliphatic rings. The van der Waals surface area contributed by atoms with Crippen LogP contribution in [-0.4, -0.2) is 11.3 Å². The lowest BCUT2D eigenvalue weighted by Crippen LogP contribution is -2.49. The van der Waals surface area contributed by atoms with E-state index in [4.69, 9.17) is 5.73 Å². The Labute approximate surface area is 100.0 Å². The fourth-order valence-electron chi connectivity index (χ4n) is 3.27. The van der Waals surface area contributed by atoms with Crippen molar-refractivity contribution in [2.45, 2.75) is 65.3 Å². The van der Waals surface area contributed by atoms with E-state index in [-0.39, 0.29) is 5.92 Å². The Balaban J connectivity index is 2.65. The summed E-state index contributed by atoms with van der Waals surface area (Å²) < 4.78 is 0. The molecule has 0 aromatic rings. The predicted octanol–water partition coefficient (Wildman–Crippen LogP) is 3.15. The van der Waals surface area contributed by atoms with Gasteiger partial charge in [-0.05, 0) is 44.4 Å². The van der Waals surface area contributed by atoms with E-state index in [1.807, 2.05) is 6.92 Å². The second kappa shape index (κ2) is 5.31. The van der Waals surface area contributed by atoms with Crippen LogP contribution in [0.4, 0.5) is 0 Å². The molecule has 16 heavy (non-hydrogen) atoms. The van der Waals surface area contributed by atoms with Crippen LogP contribution in [0.15, 0.2) is 0 Å². The molecule has 1 saturated carbocycles. The minimum atomic E-state index is -0.601. The molecule has 2 heteroatoms. The topological polar surface area (TPSA) is 43.1 Å². The summed E-state index contributed by atoms with van der Waals surface area (Å²) in [6.45, 7) is 8.50. The molecule has 0 amide bonds. The lowest BCUT2D eigenvalue weighted by molar-refractivity contribution is -0.129. The molecular weight excluding hydrogens is 198 g/mol. The normalized spacial score (nSPS) is 34.4. The Hall–Kier alpha value is -0.370. The molecule has 0 aromatic carbocycles. The molecule has 0 saturated heterocycles. The zero-order valence-corrected chi connectivity index (χ0v) is 11.3. The summed E-state index contributed by atoms with van der Waals surface area (Å²) in [5.74, 6) is 1.86. The molecule has 94 valence electrons. The molecule has 2 N–H and O–H groups in total. The molecule has 2 nitrogen and oxygen atoms in total. The van der Waals surface area contributed by atoms with E-state index < -0.39 is 5.54 Å². The summed E-state index contributed by atoms with van der Waals surface area (Å²) in [4.78, 5) is 12.4. The van der Waals surface area contributed by atoms with Gasteiger partial charge < -0.3 is 5.73 Å². The smallest absolute Gasteiger partial charge is 0.155 e. The van der Waals surface area contributed by atoms with E-state index in [0.29, 0.717) is 17.6 Å². The van der Waals surface area contributed by atoms with E-state index in [0.717, 1.165) is 25.7 Å². The largest absolute Gasteiger partial charge is 0.319 e. The number of carbonyl (C=O) groups is 1. The number of nitrogens with two attached hydrogens (primary N) is 1. The van der Waals surface area contributed by atoms with Crippen molar-refractivity contribution in [1.82, 2.24) is 0 Å². The molecular formula is C14H27NO. The second-order valence-electron chi connectivity index (χ2n) is 6.15. The van der Waals surface area contributed by atoms with E-state index in [1.54, 1.807) is 0 Å². The van der Waals surface area contributed by atoms with Crippen molar-refractivity contribution in [3.63, 3.8) is 0 Å².